The third kappa shape index (κ3) is 3.51. The highest BCUT2D eigenvalue weighted by Crippen LogP contribution is 2.34. The summed E-state index contributed by atoms with van der Waals surface area (Å²) >= 11 is 5.90. The highest BCUT2D eigenvalue weighted by molar-refractivity contribution is 6.30. The number of hydrogen-bond acceptors (Lipinski definition) is 3. The second-order valence-corrected chi connectivity index (χ2v) is 7.46. The Morgan fingerprint density at radius 2 is 1.68 bits per heavy atom. The highest BCUT2D eigenvalue weighted by atomic mass is 35.5. The number of phenols is 1. The number of likely N-dealkylation sites (tertiary alicyclic amines) is 2. The molecule has 1 N–H and O–H groups in total. The van der Waals surface area contributed by atoms with Crippen molar-refractivity contribution in [1.82, 2.24) is 9.80 Å². The van der Waals surface area contributed by atoms with Gasteiger partial charge in [0, 0.05) is 43.2 Å². The summed E-state index contributed by atoms with van der Waals surface area (Å²) in [6, 6.07) is 15.3. The van der Waals surface area contributed by atoms with Gasteiger partial charge in [-0.25, -0.2) is 0 Å². The van der Waals surface area contributed by atoms with Gasteiger partial charge in [-0.2, -0.15) is 0 Å². The predicted octanol–water partition coefficient (Wildman–Crippen LogP) is 2.93. The summed E-state index contributed by atoms with van der Waals surface area (Å²) in [6.07, 6.45) is 0.439. The topological polar surface area (TPSA) is 43.8 Å². The Morgan fingerprint density at radius 3 is 2.40 bits per heavy atom. The van der Waals surface area contributed by atoms with E-state index in [1.807, 2.05) is 41.3 Å². The Morgan fingerprint density at radius 1 is 1.00 bits per heavy atom. The van der Waals surface area contributed by atoms with E-state index in [9.17, 15) is 9.90 Å². The first-order chi connectivity index (χ1) is 12.1. The molecule has 25 heavy (non-hydrogen) atoms. The van der Waals surface area contributed by atoms with Crippen LogP contribution in [0.5, 0.6) is 5.75 Å². The molecular formula is C20H21ClN2O2. The molecule has 0 spiro atoms. The highest BCUT2D eigenvalue weighted by Gasteiger charge is 2.46. The van der Waals surface area contributed by atoms with E-state index < -0.39 is 0 Å². The third-order valence-corrected chi connectivity index (χ3v) is 5.54. The zero-order chi connectivity index (χ0) is 17.4. The van der Waals surface area contributed by atoms with Crippen molar-refractivity contribution in [3.8, 4) is 5.75 Å². The average Bonchev–Trinajstić information content (AvgIpc) is 2.94. The average molecular weight is 357 g/mol. The normalized spacial score (nSPS) is 22.5. The summed E-state index contributed by atoms with van der Waals surface area (Å²) in [5.41, 5.74) is 2.21. The Bertz CT molecular complexity index is 760. The fraction of sp³-hybridized carbons (Fsp3) is 0.350. The molecule has 5 heteroatoms. The monoisotopic (exact) mass is 356 g/mol. The molecule has 2 saturated heterocycles. The zero-order valence-electron chi connectivity index (χ0n) is 13.9. The Labute approximate surface area is 152 Å². The van der Waals surface area contributed by atoms with Gasteiger partial charge in [-0.05, 0) is 35.4 Å². The number of rotatable bonds is 4. The molecule has 2 aromatic carbocycles. The van der Waals surface area contributed by atoms with Crippen molar-refractivity contribution in [2.24, 2.45) is 5.92 Å². The van der Waals surface area contributed by atoms with Crippen molar-refractivity contribution in [2.45, 2.75) is 19.0 Å². The molecule has 0 aliphatic carbocycles. The Balaban J connectivity index is 1.33. The van der Waals surface area contributed by atoms with E-state index in [1.165, 1.54) is 5.56 Å². The maximum atomic E-state index is 12.6. The molecule has 4 rings (SSSR count). The fourth-order valence-electron chi connectivity index (χ4n) is 3.86. The number of hydrogen-bond donors (Lipinski definition) is 1. The molecule has 2 fully saturated rings. The lowest BCUT2D eigenvalue weighted by atomic mass is 9.91. The number of amides is 1. The number of carbonyl (C=O) groups excluding carboxylic acids is 1. The van der Waals surface area contributed by atoms with Crippen LogP contribution in [0.3, 0.4) is 0 Å². The molecule has 2 atom stereocenters. The zero-order valence-corrected chi connectivity index (χ0v) is 14.7. The van der Waals surface area contributed by atoms with Crippen molar-refractivity contribution >= 4 is 17.5 Å². The smallest absolute Gasteiger partial charge is 0.227 e. The molecule has 2 aliphatic heterocycles. The number of carbonyl (C=O) groups is 1. The second kappa shape index (κ2) is 6.70. The lowest BCUT2D eigenvalue weighted by Gasteiger charge is -2.43. The standard InChI is InChI=1S/C20H21ClN2O2/c21-17-5-1-14(2-6-17)9-20(25)23-12-16-11-22(19(16)13-23)10-15-3-7-18(24)8-4-15/h1-8,16,19,24H,9-13H2/t16-,19+/m1/s1. The van der Waals surface area contributed by atoms with E-state index in [0.717, 1.165) is 31.7 Å². The van der Waals surface area contributed by atoms with Gasteiger partial charge in [-0.1, -0.05) is 35.9 Å². The summed E-state index contributed by atoms with van der Waals surface area (Å²) in [5.74, 6) is 1.08. The van der Waals surface area contributed by atoms with E-state index in [2.05, 4.69) is 4.90 Å². The molecular weight excluding hydrogens is 336 g/mol. The lowest BCUT2D eigenvalue weighted by molar-refractivity contribution is -0.129. The number of fused-ring (bicyclic) bond motifs is 1. The third-order valence-electron chi connectivity index (χ3n) is 5.29. The predicted molar refractivity (Wildman–Crippen MR) is 97.5 cm³/mol. The van der Waals surface area contributed by atoms with Crippen LogP contribution in [-0.4, -0.2) is 46.5 Å². The van der Waals surface area contributed by atoms with Crippen LogP contribution < -0.4 is 0 Å². The van der Waals surface area contributed by atoms with Crippen LogP contribution in [0.1, 0.15) is 11.1 Å². The summed E-state index contributed by atoms with van der Waals surface area (Å²) in [6.45, 7) is 3.59. The molecule has 130 valence electrons. The van der Waals surface area contributed by atoms with Crippen molar-refractivity contribution in [3.05, 3.63) is 64.7 Å². The van der Waals surface area contributed by atoms with Crippen LogP contribution in [0.25, 0.3) is 0 Å². The molecule has 0 unspecified atom stereocenters. The minimum atomic E-state index is 0.196. The molecule has 4 nitrogen and oxygen atoms in total. The molecule has 0 aromatic heterocycles. The number of benzene rings is 2. The molecule has 2 aromatic rings. The van der Waals surface area contributed by atoms with E-state index in [1.54, 1.807) is 12.1 Å². The number of halogens is 1. The maximum absolute atomic E-state index is 12.6. The van der Waals surface area contributed by atoms with Crippen molar-refractivity contribution in [1.29, 1.82) is 0 Å². The quantitative estimate of drug-likeness (QED) is 0.916. The van der Waals surface area contributed by atoms with Gasteiger partial charge in [-0.15, -0.1) is 0 Å². The first kappa shape index (κ1) is 16.4. The van der Waals surface area contributed by atoms with Gasteiger partial charge in [0.05, 0.1) is 6.42 Å². The Hall–Kier alpha value is -2.04. The Kier molecular flexibility index (Phi) is 4.40. The van der Waals surface area contributed by atoms with Crippen LogP contribution in [0.15, 0.2) is 48.5 Å². The maximum Gasteiger partial charge on any atom is 0.227 e. The lowest BCUT2D eigenvalue weighted by Crippen LogP contribution is -2.54. The molecule has 0 bridgehead atoms. The molecule has 2 heterocycles. The summed E-state index contributed by atoms with van der Waals surface area (Å²) in [5, 5.41) is 10.1. The van der Waals surface area contributed by atoms with Crippen LogP contribution >= 0.6 is 11.6 Å². The first-order valence-corrected chi connectivity index (χ1v) is 9.00. The van der Waals surface area contributed by atoms with Gasteiger partial charge < -0.3 is 10.0 Å². The van der Waals surface area contributed by atoms with Gasteiger partial charge in [0.15, 0.2) is 0 Å². The van der Waals surface area contributed by atoms with Crippen LogP contribution in [0.4, 0.5) is 0 Å². The van der Waals surface area contributed by atoms with Gasteiger partial charge >= 0.3 is 0 Å². The number of phenolic OH excluding ortho intramolecular Hbond substituents is 1. The summed E-state index contributed by atoms with van der Waals surface area (Å²) < 4.78 is 0. The van der Waals surface area contributed by atoms with Crippen LogP contribution in [0.2, 0.25) is 5.02 Å². The van der Waals surface area contributed by atoms with E-state index in [0.29, 0.717) is 29.2 Å². The summed E-state index contributed by atoms with van der Waals surface area (Å²) in [4.78, 5) is 17.0. The molecule has 1 amide bonds. The first-order valence-electron chi connectivity index (χ1n) is 8.62. The number of nitrogens with zero attached hydrogens (tertiary/aromatic N) is 2. The number of aromatic hydroxyl groups is 1. The molecule has 0 radical (unpaired) electrons. The second-order valence-electron chi connectivity index (χ2n) is 7.03. The van der Waals surface area contributed by atoms with Gasteiger partial charge in [0.1, 0.15) is 5.75 Å². The van der Waals surface area contributed by atoms with Crippen LogP contribution in [0, 0.1) is 5.92 Å². The largest absolute Gasteiger partial charge is 0.508 e. The van der Waals surface area contributed by atoms with E-state index in [4.69, 9.17) is 11.6 Å². The minimum Gasteiger partial charge on any atom is -0.508 e. The molecule has 0 saturated carbocycles. The minimum absolute atomic E-state index is 0.196. The van der Waals surface area contributed by atoms with Crippen molar-refractivity contribution in [2.75, 3.05) is 19.6 Å². The summed E-state index contributed by atoms with van der Waals surface area (Å²) in [7, 11) is 0. The fourth-order valence-corrected chi connectivity index (χ4v) is 3.98. The van der Waals surface area contributed by atoms with E-state index in [-0.39, 0.29) is 5.91 Å². The van der Waals surface area contributed by atoms with Crippen molar-refractivity contribution < 1.29 is 9.90 Å². The van der Waals surface area contributed by atoms with Crippen molar-refractivity contribution in [3.63, 3.8) is 0 Å². The van der Waals surface area contributed by atoms with Gasteiger partial charge in [0.2, 0.25) is 5.91 Å². The SMILES string of the molecule is O=C(Cc1ccc(Cl)cc1)N1C[C@H]2CN(Cc3ccc(O)cc3)[C@H]2C1. The van der Waals surface area contributed by atoms with E-state index >= 15 is 0 Å². The molecule has 2 aliphatic rings. The van der Waals surface area contributed by atoms with Gasteiger partial charge in [-0.3, -0.25) is 9.69 Å². The van der Waals surface area contributed by atoms with Gasteiger partial charge in [0.25, 0.3) is 0 Å². The van der Waals surface area contributed by atoms with Crippen LogP contribution in [-0.2, 0) is 17.8 Å².